The number of carbonyl (C=O) groups excluding carboxylic acids is 1. The predicted molar refractivity (Wildman–Crippen MR) is 95.4 cm³/mol. The predicted octanol–water partition coefficient (Wildman–Crippen LogP) is 4.73. The molecule has 0 saturated carbocycles. The van der Waals surface area contributed by atoms with Crippen molar-refractivity contribution in [1.82, 2.24) is 0 Å². The van der Waals surface area contributed by atoms with E-state index in [1.165, 1.54) is 5.56 Å². The Morgan fingerprint density at radius 2 is 1.75 bits per heavy atom. The van der Waals surface area contributed by atoms with Crippen LogP contribution in [0.2, 0.25) is 0 Å². The zero-order chi connectivity index (χ0) is 16.4. The number of hydrogen-bond acceptors (Lipinski definition) is 4. The highest BCUT2D eigenvalue weighted by molar-refractivity contribution is 5.73. The van der Waals surface area contributed by atoms with Gasteiger partial charge in [0.05, 0.1) is 17.4 Å². The van der Waals surface area contributed by atoms with Gasteiger partial charge in [-0.05, 0) is 36.2 Å². The van der Waals surface area contributed by atoms with E-state index in [0.717, 1.165) is 36.2 Å². The van der Waals surface area contributed by atoms with E-state index in [2.05, 4.69) is 34.9 Å². The standard InChI is InChI=1S/C20H18N2O2/c23-13-16-9-10-20(24-16)15-7-5-14(6-8-15)17-11-12-21-18-3-1-2-4-19(18)22-17/h1-10,13,17,21-22H,11-12H2. The summed E-state index contributed by atoms with van der Waals surface area (Å²) < 4.78 is 5.48. The Bertz CT molecular complexity index is 852. The summed E-state index contributed by atoms with van der Waals surface area (Å²) in [5.41, 5.74) is 4.48. The lowest BCUT2D eigenvalue weighted by atomic mass is 10.0. The molecular formula is C20H18N2O2. The van der Waals surface area contributed by atoms with Crippen molar-refractivity contribution in [2.45, 2.75) is 12.5 Å². The molecule has 0 bridgehead atoms. The third-order valence-corrected chi connectivity index (χ3v) is 4.35. The number of para-hydroxylation sites is 2. The van der Waals surface area contributed by atoms with E-state index in [1.54, 1.807) is 6.07 Å². The Kier molecular flexibility index (Phi) is 3.79. The van der Waals surface area contributed by atoms with Crippen LogP contribution in [-0.2, 0) is 0 Å². The van der Waals surface area contributed by atoms with Crippen LogP contribution < -0.4 is 10.6 Å². The molecular weight excluding hydrogens is 300 g/mol. The van der Waals surface area contributed by atoms with Crippen molar-refractivity contribution < 1.29 is 9.21 Å². The smallest absolute Gasteiger partial charge is 0.185 e. The van der Waals surface area contributed by atoms with Crippen LogP contribution in [-0.4, -0.2) is 12.8 Å². The van der Waals surface area contributed by atoms with Gasteiger partial charge in [0.2, 0.25) is 0 Å². The fourth-order valence-electron chi connectivity index (χ4n) is 3.08. The van der Waals surface area contributed by atoms with Crippen LogP contribution in [0.4, 0.5) is 11.4 Å². The first-order valence-corrected chi connectivity index (χ1v) is 8.08. The van der Waals surface area contributed by atoms with Gasteiger partial charge in [0.25, 0.3) is 0 Å². The van der Waals surface area contributed by atoms with Gasteiger partial charge in [-0.15, -0.1) is 0 Å². The number of aldehydes is 1. The minimum absolute atomic E-state index is 0.261. The zero-order valence-corrected chi connectivity index (χ0v) is 13.2. The molecule has 120 valence electrons. The SMILES string of the molecule is O=Cc1ccc(-c2ccc(C3CCNc4ccccc4N3)cc2)o1. The molecule has 1 aromatic heterocycles. The van der Waals surface area contributed by atoms with Crippen LogP contribution in [0.25, 0.3) is 11.3 Å². The fraction of sp³-hybridized carbons (Fsp3) is 0.150. The molecule has 1 unspecified atom stereocenters. The van der Waals surface area contributed by atoms with Crippen molar-refractivity contribution in [2.24, 2.45) is 0 Å². The number of hydrogen-bond donors (Lipinski definition) is 2. The van der Waals surface area contributed by atoms with Gasteiger partial charge in [-0.1, -0.05) is 36.4 Å². The lowest BCUT2D eigenvalue weighted by Gasteiger charge is -2.18. The summed E-state index contributed by atoms with van der Waals surface area (Å²) in [6.07, 6.45) is 1.72. The minimum atomic E-state index is 0.261. The van der Waals surface area contributed by atoms with Gasteiger partial charge in [-0.25, -0.2) is 0 Å². The maximum atomic E-state index is 10.7. The molecule has 24 heavy (non-hydrogen) atoms. The molecule has 4 heteroatoms. The second-order valence-electron chi connectivity index (χ2n) is 5.90. The van der Waals surface area contributed by atoms with Gasteiger partial charge in [-0.2, -0.15) is 0 Å². The van der Waals surface area contributed by atoms with E-state index >= 15 is 0 Å². The van der Waals surface area contributed by atoms with E-state index in [-0.39, 0.29) is 6.04 Å². The number of furan rings is 1. The summed E-state index contributed by atoms with van der Waals surface area (Å²) in [6.45, 7) is 0.928. The van der Waals surface area contributed by atoms with Crippen molar-refractivity contribution in [1.29, 1.82) is 0 Å². The first-order chi connectivity index (χ1) is 11.8. The van der Waals surface area contributed by atoms with Gasteiger partial charge in [-0.3, -0.25) is 4.79 Å². The molecule has 1 aliphatic heterocycles. The average Bonchev–Trinajstić information content (AvgIpc) is 3.01. The Hall–Kier alpha value is -3.01. The Balaban J connectivity index is 1.57. The first kappa shape index (κ1) is 14.6. The largest absolute Gasteiger partial charge is 0.453 e. The van der Waals surface area contributed by atoms with Gasteiger partial charge in [0.15, 0.2) is 12.0 Å². The highest BCUT2D eigenvalue weighted by Gasteiger charge is 2.17. The van der Waals surface area contributed by atoms with Crippen LogP contribution in [0.1, 0.15) is 28.6 Å². The monoisotopic (exact) mass is 318 g/mol. The second-order valence-corrected chi connectivity index (χ2v) is 5.90. The number of carbonyl (C=O) groups is 1. The zero-order valence-electron chi connectivity index (χ0n) is 13.2. The number of nitrogens with one attached hydrogen (secondary N) is 2. The van der Waals surface area contributed by atoms with Gasteiger partial charge in [0, 0.05) is 12.1 Å². The number of rotatable bonds is 3. The second kappa shape index (κ2) is 6.24. The van der Waals surface area contributed by atoms with Gasteiger partial charge >= 0.3 is 0 Å². The summed E-state index contributed by atoms with van der Waals surface area (Å²) in [7, 11) is 0. The van der Waals surface area contributed by atoms with E-state index in [1.807, 2.05) is 30.3 Å². The molecule has 0 spiro atoms. The molecule has 2 N–H and O–H groups in total. The molecule has 1 atom stereocenters. The third kappa shape index (κ3) is 2.78. The fourth-order valence-corrected chi connectivity index (χ4v) is 3.08. The molecule has 4 nitrogen and oxygen atoms in total. The van der Waals surface area contributed by atoms with E-state index in [0.29, 0.717) is 11.5 Å². The maximum Gasteiger partial charge on any atom is 0.185 e. The molecule has 4 rings (SSSR count). The minimum Gasteiger partial charge on any atom is -0.453 e. The molecule has 0 radical (unpaired) electrons. The van der Waals surface area contributed by atoms with Crippen LogP contribution in [0.3, 0.4) is 0 Å². The van der Waals surface area contributed by atoms with Crippen molar-refractivity contribution in [3.8, 4) is 11.3 Å². The van der Waals surface area contributed by atoms with Gasteiger partial charge < -0.3 is 15.1 Å². The highest BCUT2D eigenvalue weighted by Crippen LogP contribution is 2.32. The van der Waals surface area contributed by atoms with Crippen LogP contribution in [0.5, 0.6) is 0 Å². The van der Waals surface area contributed by atoms with Crippen molar-refractivity contribution in [3.05, 3.63) is 72.0 Å². The van der Waals surface area contributed by atoms with Crippen molar-refractivity contribution >= 4 is 17.7 Å². The third-order valence-electron chi connectivity index (χ3n) is 4.35. The van der Waals surface area contributed by atoms with Crippen LogP contribution >= 0.6 is 0 Å². The number of benzene rings is 2. The molecule has 2 heterocycles. The average molecular weight is 318 g/mol. The summed E-state index contributed by atoms with van der Waals surface area (Å²) in [4.78, 5) is 10.7. The summed E-state index contributed by atoms with van der Waals surface area (Å²) >= 11 is 0. The van der Waals surface area contributed by atoms with Crippen molar-refractivity contribution in [2.75, 3.05) is 17.2 Å². The number of fused-ring (bicyclic) bond motifs is 1. The van der Waals surface area contributed by atoms with E-state index in [4.69, 9.17) is 4.42 Å². The molecule has 0 amide bonds. The van der Waals surface area contributed by atoms with Crippen molar-refractivity contribution in [3.63, 3.8) is 0 Å². The molecule has 1 aliphatic rings. The summed E-state index contributed by atoms with van der Waals surface area (Å²) in [6, 6.07) is 20.3. The quantitative estimate of drug-likeness (QED) is 0.686. The van der Waals surface area contributed by atoms with E-state index in [9.17, 15) is 4.79 Å². The topological polar surface area (TPSA) is 54.3 Å². The lowest BCUT2D eigenvalue weighted by molar-refractivity contribution is 0.110. The summed E-state index contributed by atoms with van der Waals surface area (Å²) in [5.74, 6) is 1.06. The Labute approximate surface area is 140 Å². The molecule has 0 fully saturated rings. The van der Waals surface area contributed by atoms with Crippen LogP contribution in [0.15, 0.2) is 65.1 Å². The molecule has 0 aliphatic carbocycles. The highest BCUT2D eigenvalue weighted by atomic mass is 16.3. The molecule has 0 saturated heterocycles. The van der Waals surface area contributed by atoms with Crippen LogP contribution in [0, 0.1) is 0 Å². The van der Waals surface area contributed by atoms with Gasteiger partial charge in [0.1, 0.15) is 5.76 Å². The molecule has 2 aromatic carbocycles. The number of anilines is 2. The summed E-state index contributed by atoms with van der Waals surface area (Å²) in [5, 5.41) is 7.08. The Morgan fingerprint density at radius 1 is 0.958 bits per heavy atom. The Morgan fingerprint density at radius 3 is 2.50 bits per heavy atom. The van der Waals surface area contributed by atoms with E-state index < -0.39 is 0 Å². The maximum absolute atomic E-state index is 10.7. The molecule has 3 aromatic rings. The first-order valence-electron chi connectivity index (χ1n) is 8.08. The lowest BCUT2D eigenvalue weighted by Crippen LogP contribution is -2.10. The normalized spacial score (nSPS) is 16.4.